The molecule has 0 aromatic heterocycles. The number of hydrogen-bond acceptors (Lipinski definition) is 8. The summed E-state index contributed by atoms with van der Waals surface area (Å²) in [5.41, 5.74) is 0. The molecule has 0 aliphatic heterocycles. The van der Waals surface area contributed by atoms with Gasteiger partial charge in [-0.3, -0.25) is 14.4 Å². The van der Waals surface area contributed by atoms with Crippen LogP contribution in [0.2, 0.25) is 0 Å². The topological polar surface area (TPSA) is 117 Å². The third kappa shape index (κ3) is 43.8. The minimum absolute atomic E-state index is 0.00877. The second-order valence-corrected chi connectivity index (χ2v) is 21.5. The predicted molar refractivity (Wildman–Crippen MR) is 297 cm³/mol. The van der Waals surface area contributed by atoms with Crippen molar-refractivity contribution in [3.8, 4) is 0 Å². The third-order valence-corrected chi connectivity index (χ3v) is 14.9. The molecule has 0 heterocycles. The van der Waals surface area contributed by atoms with E-state index in [-0.39, 0.29) is 44.1 Å². The average molecular weight is 994 g/mol. The summed E-state index contributed by atoms with van der Waals surface area (Å²) in [6.07, 6.45) is 48.3. The molecule has 2 unspecified atom stereocenters. The number of unbranched alkanes of at least 4 members (excludes halogenated alkanes) is 25. The number of aliphatic hydroxyl groups is 2. The standard InChI is InChI=1S/C61H120N2O7/c1-6-11-16-19-24-29-37-48-62(49-38-36-45-59(66)63(50-52-64)51-53-65)58(43-32-25-20-22-27-34-46-60(67)69-54-56(39-14-9-4)41-30-17-12-7-2)44-33-26-21-23-28-35-47-61(68)70-55-57(40-15-10-5)42-31-18-13-8-3/h56-58,64-65H,6-55H2,1-5H3. The molecule has 0 aromatic rings. The van der Waals surface area contributed by atoms with Crippen molar-refractivity contribution in [2.45, 2.75) is 310 Å². The van der Waals surface area contributed by atoms with E-state index >= 15 is 0 Å². The van der Waals surface area contributed by atoms with Gasteiger partial charge in [-0.2, -0.15) is 0 Å². The summed E-state index contributed by atoms with van der Waals surface area (Å²) in [5.74, 6) is 1.04. The van der Waals surface area contributed by atoms with Crippen LogP contribution in [-0.4, -0.2) is 96.5 Å². The SMILES string of the molecule is CCCCCCCCCN(CCCCC(=O)N(CCO)CCO)C(CCCCCCCCC(=O)OCC(CCCC)CCCCCC)CCCCCCCCC(=O)OCC(CCCC)CCCCCC. The molecule has 2 atom stereocenters. The molecular weight excluding hydrogens is 873 g/mol. The van der Waals surface area contributed by atoms with Crippen molar-refractivity contribution in [1.29, 1.82) is 0 Å². The highest BCUT2D eigenvalue weighted by atomic mass is 16.5. The first-order valence-electron chi connectivity index (χ1n) is 30.8. The third-order valence-electron chi connectivity index (χ3n) is 14.9. The number of carbonyl (C=O) groups excluding carboxylic acids is 3. The van der Waals surface area contributed by atoms with E-state index in [0.717, 1.165) is 51.6 Å². The summed E-state index contributed by atoms with van der Waals surface area (Å²) in [6.45, 7) is 15.0. The summed E-state index contributed by atoms with van der Waals surface area (Å²) in [4.78, 5) is 42.6. The fourth-order valence-electron chi connectivity index (χ4n) is 10.2. The molecule has 0 fully saturated rings. The molecule has 0 aromatic carbocycles. The average Bonchev–Trinajstić information content (AvgIpc) is 3.36. The van der Waals surface area contributed by atoms with Crippen LogP contribution in [0.5, 0.6) is 0 Å². The van der Waals surface area contributed by atoms with Crippen LogP contribution < -0.4 is 0 Å². The first kappa shape index (κ1) is 68.3. The number of esters is 2. The van der Waals surface area contributed by atoms with Gasteiger partial charge in [0.25, 0.3) is 0 Å². The zero-order valence-electron chi connectivity index (χ0n) is 47.4. The highest BCUT2D eigenvalue weighted by Crippen LogP contribution is 2.23. The van der Waals surface area contributed by atoms with Crippen molar-refractivity contribution in [3.05, 3.63) is 0 Å². The number of aliphatic hydroxyl groups excluding tert-OH is 2. The van der Waals surface area contributed by atoms with Gasteiger partial charge < -0.3 is 29.5 Å². The Balaban J connectivity index is 5.23. The number of nitrogens with zero attached hydrogens (tertiary/aromatic N) is 2. The van der Waals surface area contributed by atoms with Crippen LogP contribution in [0.4, 0.5) is 0 Å². The molecule has 9 nitrogen and oxygen atoms in total. The Morgan fingerprint density at radius 2 is 0.671 bits per heavy atom. The van der Waals surface area contributed by atoms with E-state index in [2.05, 4.69) is 39.5 Å². The first-order chi connectivity index (χ1) is 34.3. The van der Waals surface area contributed by atoms with E-state index in [1.807, 2.05) is 0 Å². The zero-order valence-corrected chi connectivity index (χ0v) is 47.4. The molecule has 1 amide bonds. The van der Waals surface area contributed by atoms with E-state index < -0.39 is 0 Å². The van der Waals surface area contributed by atoms with Gasteiger partial charge in [-0.15, -0.1) is 0 Å². The normalized spacial score (nSPS) is 12.9. The van der Waals surface area contributed by atoms with Gasteiger partial charge in [0.05, 0.1) is 26.4 Å². The summed E-state index contributed by atoms with van der Waals surface area (Å²) in [7, 11) is 0. The molecular formula is C61H120N2O7. The smallest absolute Gasteiger partial charge is 0.305 e. The van der Waals surface area contributed by atoms with E-state index in [4.69, 9.17) is 9.47 Å². The van der Waals surface area contributed by atoms with Crippen LogP contribution in [0.15, 0.2) is 0 Å². The zero-order chi connectivity index (χ0) is 51.4. The molecule has 0 bridgehead atoms. The van der Waals surface area contributed by atoms with Gasteiger partial charge in [0.1, 0.15) is 0 Å². The largest absolute Gasteiger partial charge is 0.465 e. The van der Waals surface area contributed by atoms with E-state index in [0.29, 0.717) is 50.4 Å². The van der Waals surface area contributed by atoms with E-state index in [9.17, 15) is 24.6 Å². The second kappa shape index (κ2) is 53.6. The molecule has 0 spiro atoms. The number of hydrogen-bond donors (Lipinski definition) is 2. The molecule has 0 saturated carbocycles. The Bertz CT molecular complexity index is 1060. The van der Waals surface area contributed by atoms with Crippen LogP contribution in [-0.2, 0) is 23.9 Å². The lowest BCUT2D eigenvalue weighted by molar-refractivity contribution is -0.146. The van der Waals surface area contributed by atoms with Crippen LogP contribution in [0.1, 0.15) is 304 Å². The van der Waals surface area contributed by atoms with Gasteiger partial charge in [-0.25, -0.2) is 0 Å². The predicted octanol–water partition coefficient (Wildman–Crippen LogP) is 16.3. The lowest BCUT2D eigenvalue weighted by Gasteiger charge is -2.32. The maximum atomic E-state index is 12.9. The fourth-order valence-corrected chi connectivity index (χ4v) is 10.2. The number of carbonyl (C=O) groups is 3. The maximum Gasteiger partial charge on any atom is 0.305 e. The lowest BCUT2D eigenvalue weighted by Crippen LogP contribution is -2.38. The Hall–Kier alpha value is -1.71. The Kier molecular flexibility index (Phi) is 52.3. The first-order valence-corrected chi connectivity index (χ1v) is 30.8. The number of rotatable bonds is 56. The Morgan fingerprint density at radius 3 is 1.09 bits per heavy atom. The summed E-state index contributed by atoms with van der Waals surface area (Å²) < 4.78 is 11.6. The molecule has 0 aliphatic rings. The van der Waals surface area contributed by atoms with Crippen molar-refractivity contribution in [3.63, 3.8) is 0 Å². The highest BCUT2D eigenvalue weighted by molar-refractivity contribution is 5.76. The van der Waals surface area contributed by atoms with Gasteiger partial charge in [0.15, 0.2) is 0 Å². The van der Waals surface area contributed by atoms with Crippen molar-refractivity contribution in [1.82, 2.24) is 9.80 Å². The van der Waals surface area contributed by atoms with Gasteiger partial charge in [0, 0.05) is 38.4 Å². The highest BCUT2D eigenvalue weighted by Gasteiger charge is 2.20. The summed E-state index contributed by atoms with van der Waals surface area (Å²) >= 11 is 0. The lowest BCUT2D eigenvalue weighted by atomic mass is 9.96. The second-order valence-electron chi connectivity index (χ2n) is 21.5. The van der Waals surface area contributed by atoms with Gasteiger partial charge in [-0.05, 0) is 95.6 Å². The minimum Gasteiger partial charge on any atom is -0.465 e. The van der Waals surface area contributed by atoms with Crippen LogP contribution >= 0.6 is 0 Å². The molecule has 2 N–H and O–H groups in total. The molecule has 0 saturated heterocycles. The van der Waals surface area contributed by atoms with Gasteiger partial charge in [0.2, 0.25) is 5.91 Å². The van der Waals surface area contributed by atoms with E-state index in [1.54, 1.807) is 4.90 Å². The van der Waals surface area contributed by atoms with Crippen molar-refractivity contribution in [2.75, 3.05) is 52.6 Å². The quantitative estimate of drug-likeness (QED) is 0.0457. The van der Waals surface area contributed by atoms with Crippen LogP contribution in [0, 0.1) is 11.8 Å². The van der Waals surface area contributed by atoms with Crippen LogP contribution in [0.3, 0.4) is 0 Å². The van der Waals surface area contributed by atoms with Crippen molar-refractivity contribution < 1.29 is 34.1 Å². The fraction of sp³-hybridized carbons (Fsp3) is 0.951. The van der Waals surface area contributed by atoms with Gasteiger partial charge >= 0.3 is 11.9 Å². The van der Waals surface area contributed by atoms with Crippen molar-refractivity contribution in [2.24, 2.45) is 11.8 Å². The van der Waals surface area contributed by atoms with Crippen LogP contribution in [0.25, 0.3) is 0 Å². The Labute approximate surface area is 434 Å². The number of amides is 1. The summed E-state index contributed by atoms with van der Waals surface area (Å²) in [6, 6.07) is 0.543. The molecule has 70 heavy (non-hydrogen) atoms. The molecule has 9 heteroatoms. The molecule has 416 valence electrons. The Morgan fingerprint density at radius 1 is 0.357 bits per heavy atom. The maximum absolute atomic E-state index is 12.9. The molecule has 0 rings (SSSR count). The minimum atomic E-state index is -0.0825. The summed E-state index contributed by atoms with van der Waals surface area (Å²) in [5, 5.41) is 18.9. The monoisotopic (exact) mass is 993 g/mol. The van der Waals surface area contributed by atoms with Crippen molar-refractivity contribution >= 4 is 17.8 Å². The molecule has 0 aliphatic carbocycles. The molecule has 0 radical (unpaired) electrons. The number of ether oxygens (including phenoxy) is 2. The van der Waals surface area contributed by atoms with Gasteiger partial charge in [-0.1, -0.05) is 214 Å². The van der Waals surface area contributed by atoms with E-state index in [1.165, 1.54) is 212 Å².